The quantitative estimate of drug-likeness (QED) is 0.523. The van der Waals surface area contributed by atoms with Crippen molar-refractivity contribution in [1.29, 1.82) is 0 Å². The largest absolute Gasteiger partial charge is 0.502 e. The summed E-state index contributed by atoms with van der Waals surface area (Å²) in [6.07, 6.45) is 3.65. The van der Waals surface area contributed by atoms with E-state index in [4.69, 9.17) is 0 Å². The lowest BCUT2D eigenvalue weighted by Gasteiger charge is -1.98. The molecule has 2 rings (SSSR count). The average molecular weight is 320 g/mol. The molecule has 1 N–H and O–H groups in total. The minimum atomic E-state index is -0.614. The number of phenolic OH excluding ortho intramolecular Hbond substituents is 1. The highest BCUT2D eigenvalue weighted by atomic mass is 79.9. The lowest BCUT2D eigenvalue weighted by molar-refractivity contribution is -0.385. The van der Waals surface area contributed by atoms with Gasteiger partial charge < -0.3 is 5.11 Å². The summed E-state index contributed by atoms with van der Waals surface area (Å²) in [7, 11) is 0. The predicted molar refractivity (Wildman–Crippen MR) is 77.8 cm³/mol. The Morgan fingerprint density at radius 1 is 1.05 bits per heavy atom. The third-order valence-corrected chi connectivity index (χ3v) is 3.06. The molecule has 0 spiro atoms. The lowest BCUT2D eigenvalue weighted by Crippen LogP contribution is -1.88. The summed E-state index contributed by atoms with van der Waals surface area (Å²) in [5.41, 5.74) is 1.41. The van der Waals surface area contributed by atoms with Gasteiger partial charge in [0.05, 0.1) is 4.92 Å². The number of nitro groups is 1. The Bertz CT molecular complexity index is 636. The zero-order valence-corrected chi connectivity index (χ0v) is 11.4. The highest BCUT2D eigenvalue weighted by Crippen LogP contribution is 2.27. The third kappa shape index (κ3) is 3.42. The minimum absolute atomic E-state index is 0.291. The van der Waals surface area contributed by atoms with Crippen LogP contribution in [-0.4, -0.2) is 10.0 Å². The number of phenols is 1. The number of rotatable bonds is 3. The number of nitrogens with zero attached hydrogens (tertiary/aromatic N) is 1. The molecule has 0 unspecified atom stereocenters. The molecule has 0 aromatic heterocycles. The Kier molecular flexibility index (Phi) is 3.97. The van der Waals surface area contributed by atoms with E-state index in [9.17, 15) is 15.2 Å². The zero-order chi connectivity index (χ0) is 13.8. The molecule has 19 heavy (non-hydrogen) atoms. The van der Waals surface area contributed by atoms with Crippen LogP contribution in [0.4, 0.5) is 5.69 Å². The van der Waals surface area contributed by atoms with Crippen molar-refractivity contribution in [2.45, 2.75) is 0 Å². The standard InChI is InChI=1S/C14H10BrNO3/c15-12-6-3-10(4-7-12)1-2-11-5-8-13(16(18)19)14(17)9-11/h1-9,17H/b2-1+. The van der Waals surface area contributed by atoms with Gasteiger partial charge in [-0.05, 0) is 35.4 Å². The van der Waals surface area contributed by atoms with Gasteiger partial charge >= 0.3 is 5.69 Å². The smallest absolute Gasteiger partial charge is 0.310 e. The molecular formula is C14H10BrNO3. The third-order valence-electron chi connectivity index (χ3n) is 2.53. The number of nitro benzene ring substituents is 1. The molecule has 0 saturated carbocycles. The van der Waals surface area contributed by atoms with E-state index >= 15 is 0 Å². The van der Waals surface area contributed by atoms with Gasteiger partial charge in [-0.15, -0.1) is 0 Å². The Hall–Kier alpha value is -2.14. The van der Waals surface area contributed by atoms with Crippen molar-refractivity contribution in [3.05, 3.63) is 68.2 Å². The monoisotopic (exact) mass is 319 g/mol. The minimum Gasteiger partial charge on any atom is -0.502 e. The highest BCUT2D eigenvalue weighted by Gasteiger charge is 2.11. The topological polar surface area (TPSA) is 63.4 Å². The maximum atomic E-state index is 10.6. The van der Waals surface area contributed by atoms with Crippen molar-refractivity contribution in [3.63, 3.8) is 0 Å². The van der Waals surface area contributed by atoms with Crippen molar-refractivity contribution in [2.75, 3.05) is 0 Å². The van der Waals surface area contributed by atoms with E-state index in [1.54, 1.807) is 12.1 Å². The molecule has 0 amide bonds. The summed E-state index contributed by atoms with van der Waals surface area (Å²) in [6.45, 7) is 0. The van der Waals surface area contributed by atoms with Crippen LogP contribution in [0.25, 0.3) is 12.2 Å². The molecule has 4 nitrogen and oxygen atoms in total. The van der Waals surface area contributed by atoms with Gasteiger partial charge in [-0.3, -0.25) is 10.1 Å². The first-order valence-corrected chi connectivity index (χ1v) is 6.26. The van der Waals surface area contributed by atoms with E-state index in [-0.39, 0.29) is 11.4 Å². The molecule has 2 aromatic carbocycles. The number of benzene rings is 2. The number of hydrogen-bond acceptors (Lipinski definition) is 3. The summed E-state index contributed by atoms with van der Waals surface area (Å²) < 4.78 is 0.998. The van der Waals surface area contributed by atoms with Gasteiger partial charge in [0, 0.05) is 10.5 Å². The van der Waals surface area contributed by atoms with Crippen LogP contribution in [0.3, 0.4) is 0 Å². The molecule has 2 aromatic rings. The molecule has 96 valence electrons. The van der Waals surface area contributed by atoms with Crippen molar-refractivity contribution in [3.8, 4) is 5.75 Å². The fourth-order valence-corrected chi connectivity index (χ4v) is 1.83. The van der Waals surface area contributed by atoms with E-state index in [0.717, 1.165) is 10.0 Å². The van der Waals surface area contributed by atoms with Crippen LogP contribution in [0.15, 0.2) is 46.9 Å². The zero-order valence-electron chi connectivity index (χ0n) is 9.79. The van der Waals surface area contributed by atoms with Crippen LogP contribution in [-0.2, 0) is 0 Å². The maximum Gasteiger partial charge on any atom is 0.310 e. The van der Waals surface area contributed by atoms with Crippen LogP contribution in [0.2, 0.25) is 0 Å². The molecule has 0 aliphatic rings. The molecule has 0 radical (unpaired) electrons. The molecule has 0 atom stereocenters. The van der Waals surface area contributed by atoms with Crippen LogP contribution >= 0.6 is 15.9 Å². The molecule has 5 heteroatoms. The number of hydrogen-bond donors (Lipinski definition) is 1. The normalized spacial score (nSPS) is 10.8. The lowest BCUT2D eigenvalue weighted by atomic mass is 10.1. The molecule has 0 aliphatic carbocycles. The highest BCUT2D eigenvalue weighted by molar-refractivity contribution is 9.10. The maximum absolute atomic E-state index is 10.6. The van der Waals surface area contributed by atoms with E-state index in [0.29, 0.717) is 5.56 Å². The van der Waals surface area contributed by atoms with E-state index in [1.807, 2.05) is 30.3 Å². The van der Waals surface area contributed by atoms with Crippen LogP contribution in [0, 0.1) is 10.1 Å². The molecule has 0 saturated heterocycles. The van der Waals surface area contributed by atoms with Crippen LogP contribution < -0.4 is 0 Å². The van der Waals surface area contributed by atoms with Gasteiger partial charge in [0.25, 0.3) is 0 Å². The van der Waals surface area contributed by atoms with Crippen molar-refractivity contribution >= 4 is 33.8 Å². The summed E-state index contributed by atoms with van der Waals surface area (Å²) in [6, 6.07) is 12.0. The number of halogens is 1. The van der Waals surface area contributed by atoms with Crippen molar-refractivity contribution < 1.29 is 10.0 Å². The second-order valence-corrected chi connectivity index (χ2v) is 4.81. The van der Waals surface area contributed by atoms with Gasteiger partial charge in [-0.2, -0.15) is 0 Å². The second kappa shape index (κ2) is 5.67. The van der Waals surface area contributed by atoms with Crippen molar-refractivity contribution in [2.24, 2.45) is 0 Å². The summed E-state index contributed by atoms with van der Waals surface area (Å²) in [4.78, 5) is 9.95. The molecular weight excluding hydrogens is 310 g/mol. The second-order valence-electron chi connectivity index (χ2n) is 3.89. The SMILES string of the molecule is O=[N+]([O-])c1ccc(/C=C/c2ccc(Br)cc2)cc1O. The van der Waals surface area contributed by atoms with Crippen LogP contribution in [0.5, 0.6) is 5.75 Å². The molecule has 0 heterocycles. The van der Waals surface area contributed by atoms with E-state index < -0.39 is 4.92 Å². The van der Waals surface area contributed by atoms with E-state index in [1.165, 1.54) is 12.1 Å². The summed E-state index contributed by atoms with van der Waals surface area (Å²) in [5.74, 6) is -0.331. The molecule has 0 fully saturated rings. The fraction of sp³-hybridized carbons (Fsp3) is 0. The fourth-order valence-electron chi connectivity index (χ4n) is 1.56. The van der Waals surface area contributed by atoms with Gasteiger partial charge in [-0.25, -0.2) is 0 Å². The Morgan fingerprint density at radius 2 is 1.63 bits per heavy atom. The molecule has 0 aliphatic heterocycles. The average Bonchev–Trinajstić information content (AvgIpc) is 2.37. The molecule has 0 bridgehead atoms. The first-order chi connectivity index (χ1) is 9.06. The Morgan fingerprint density at radius 3 is 2.21 bits per heavy atom. The van der Waals surface area contributed by atoms with Gasteiger partial charge in [0.15, 0.2) is 5.75 Å². The van der Waals surface area contributed by atoms with Crippen molar-refractivity contribution in [1.82, 2.24) is 0 Å². The Labute approximate surface area is 118 Å². The van der Waals surface area contributed by atoms with Crippen LogP contribution in [0.1, 0.15) is 11.1 Å². The summed E-state index contributed by atoms with van der Waals surface area (Å²) in [5, 5.41) is 20.1. The summed E-state index contributed by atoms with van der Waals surface area (Å²) >= 11 is 3.35. The predicted octanol–water partition coefficient (Wildman–Crippen LogP) is 4.23. The van der Waals surface area contributed by atoms with Gasteiger partial charge in [-0.1, -0.05) is 40.2 Å². The first-order valence-electron chi connectivity index (χ1n) is 5.47. The van der Waals surface area contributed by atoms with E-state index in [2.05, 4.69) is 15.9 Å². The first kappa shape index (κ1) is 13.3. The number of aromatic hydroxyl groups is 1. The Balaban J connectivity index is 2.22. The van der Waals surface area contributed by atoms with Gasteiger partial charge in [0.1, 0.15) is 0 Å². The van der Waals surface area contributed by atoms with Gasteiger partial charge in [0.2, 0.25) is 0 Å².